The van der Waals surface area contributed by atoms with E-state index in [-0.39, 0.29) is 10.8 Å². The van der Waals surface area contributed by atoms with Crippen LogP contribution < -0.4 is 0 Å². The van der Waals surface area contributed by atoms with Crippen molar-refractivity contribution in [3.05, 3.63) is 81.5 Å². The Morgan fingerprint density at radius 3 is 1.31 bits per heavy atom. The normalized spacial score (nSPS) is 13.9. The van der Waals surface area contributed by atoms with Gasteiger partial charge in [0.25, 0.3) is 0 Å². The zero-order chi connectivity index (χ0) is 42.8. The fourth-order valence-electron chi connectivity index (χ4n) is 9.64. The zero-order valence-electron chi connectivity index (χ0n) is 38.0. The first-order valence-electron chi connectivity index (χ1n) is 23.0. The molecule has 0 radical (unpaired) electrons. The highest BCUT2D eigenvalue weighted by Gasteiger charge is 2.28. The summed E-state index contributed by atoms with van der Waals surface area (Å²) in [6, 6.07) is 23.7. The lowest BCUT2D eigenvalue weighted by Gasteiger charge is -2.24. The highest BCUT2D eigenvalue weighted by molar-refractivity contribution is 7.16. The van der Waals surface area contributed by atoms with E-state index in [9.17, 15) is 0 Å². The van der Waals surface area contributed by atoms with Crippen molar-refractivity contribution in [1.82, 2.24) is 18.7 Å². The molecule has 61 heavy (non-hydrogen) atoms. The Hall–Kier alpha value is -4.04. The molecule has 2 atom stereocenters. The van der Waals surface area contributed by atoms with Crippen molar-refractivity contribution in [2.75, 3.05) is 0 Å². The maximum absolute atomic E-state index is 5.95. The second kappa shape index (κ2) is 16.6. The standard InChI is InChI=1S/C54H62N4S3/c1-11-15-17-31(13-3)25-37-21-23-41(59-37)45-49-50(46(52-51(45)57-61-58-52)42-24-22-38(60-42)26-32(14-4)18-16-12-2)56-48-40-30-36(54(8,9)10)28-34-20-19-33-27-35(53(5,6)7)29-39(47(48)55-49)43(33)44(34)40/h19-24,27-32H,11-18,25-26H2,1-10H3. The van der Waals surface area contributed by atoms with Gasteiger partial charge in [0.2, 0.25) is 0 Å². The van der Waals surface area contributed by atoms with Gasteiger partial charge >= 0.3 is 0 Å². The number of rotatable bonds is 14. The maximum Gasteiger partial charge on any atom is 0.116 e. The lowest BCUT2D eigenvalue weighted by Crippen LogP contribution is -2.12. The monoisotopic (exact) mass is 862 g/mol. The molecule has 0 fully saturated rings. The molecule has 0 amide bonds. The average Bonchev–Trinajstić information content (AvgIpc) is 4.03. The van der Waals surface area contributed by atoms with E-state index in [1.54, 1.807) is 0 Å². The molecule has 0 aliphatic rings. The number of benzene rings is 5. The largest absolute Gasteiger partial charge is 0.243 e. The number of nitrogens with zero attached hydrogens (tertiary/aromatic N) is 4. The van der Waals surface area contributed by atoms with Crippen molar-refractivity contribution in [2.45, 2.75) is 144 Å². The highest BCUT2D eigenvalue weighted by atomic mass is 32.1. The summed E-state index contributed by atoms with van der Waals surface area (Å²) in [5.74, 6) is 1.39. The molecule has 9 aromatic rings. The summed E-state index contributed by atoms with van der Waals surface area (Å²) >= 11 is 5.15. The molecule has 9 rings (SSSR count). The van der Waals surface area contributed by atoms with Crippen LogP contribution in [0.3, 0.4) is 0 Å². The first kappa shape index (κ1) is 42.3. The number of hydrogen-bond donors (Lipinski definition) is 0. The molecule has 5 aromatic carbocycles. The van der Waals surface area contributed by atoms with E-state index in [0.717, 1.165) is 57.1 Å². The lowest BCUT2D eigenvalue weighted by molar-refractivity contribution is 0.452. The molecule has 0 spiro atoms. The van der Waals surface area contributed by atoms with Crippen LogP contribution in [0.1, 0.15) is 141 Å². The number of hydrogen-bond acceptors (Lipinski definition) is 7. The van der Waals surface area contributed by atoms with Gasteiger partial charge in [0, 0.05) is 41.4 Å². The summed E-state index contributed by atoms with van der Waals surface area (Å²) < 4.78 is 10.3. The summed E-state index contributed by atoms with van der Waals surface area (Å²) in [5.41, 5.74) is 10.4. The minimum atomic E-state index is -0.0394. The molecule has 0 N–H and O–H groups in total. The van der Waals surface area contributed by atoms with Gasteiger partial charge in [-0.3, -0.25) is 0 Å². The Morgan fingerprint density at radius 1 is 0.508 bits per heavy atom. The van der Waals surface area contributed by atoms with Crippen LogP contribution in [0.2, 0.25) is 0 Å². The highest BCUT2D eigenvalue weighted by Crippen LogP contribution is 2.49. The maximum atomic E-state index is 5.95. The molecule has 0 aliphatic carbocycles. The quantitative estimate of drug-likeness (QED) is 0.0807. The number of unbranched alkanes of at least 4 members (excludes halogenated alkanes) is 2. The van der Waals surface area contributed by atoms with E-state index >= 15 is 0 Å². The van der Waals surface area contributed by atoms with Gasteiger partial charge in [0.15, 0.2) is 0 Å². The molecule has 0 saturated carbocycles. The van der Waals surface area contributed by atoms with E-state index in [4.69, 9.17) is 18.7 Å². The Balaban J connectivity index is 1.39. The molecule has 7 heteroatoms. The van der Waals surface area contributed by atoms with Crippen LogP contribution >= 0.6 is 34.4 Å². The molecule has 0 saturated heterocycles. The summed E-state index contributed by atoms with van der Waals surface area (Å²) in [4.78, 5) is 17.2. The van der Waals surface area contributed by atoms with Crippen LogP contribution in [-0.4, -0.2) is 18.7 Å². The van der Waals surface area contributed by atoms with Crippen molar-refractivity contribution in [1.29, 1.82) is 0 Å². The second-order valence-corrected chi connectivity index (χ2v) is 22.8. The Kier molecular flexibility index (Phi) is 11.5. The number of fused-ring (bicyclic) bond motifs is 5. The Bertz CT molecular complexity index is 2820. The number of thiophene rings is 2. The third kappa shape index (κ3) is 7.75. The minimum Gasteiger partial charge on any atom is -0.243 e. The molecule has 0 aliphatic heterocycles. The van der Waals surface area contributed by atoms with Gasteiger partial charge in [-0.1, -0.05) is 145 Å². The van der Waals surface area contributed by atoms with Crippen LogP contribution in [-0.2, 0) is 23.7 Å². The molecular weight excluding hydrogens is 801 g/mol. The summed E-state index contributed by atoms with van der Waals surface area (Å²) in [5, 5.41) is 7.46. The smallest absolute Gasteiger partial charge is 0.116 e. The predicted molar refractivity (Wildman–Crippen MR) is 270 cm³/mol. The third-order valence-corrected chi connectivity index (χ3v) is 16.3. The van der Waals surface area contributed by atoms with Gasteiger partial charge in [-0.2, -0.15) is 8.75 Å². The Labute approximate surface area is 374 Å². The van der Waals surface area contributed by atoms with Crippen molar-refractivity contribution in [3.8, 4) is 20.9 Å². The SMILES string of the molecule is CCCCC(CC)Cc1ccc(-c2c3nsnc3c(-c3ccc(CC(CC)CCCC)s3)c3nc4c5cc(C(C)(C)C)cc6ccc7cc(C(C)(C)C)cc(c4nc23)c7c65)s1. The van der Waals surface area contributed by atoms with Gasteiger partial charge in [0.05, 0.1) is 22.8 Å². The van der Waals surface area contributed by atoms with Crippen LogP contribution in [0, 0.1) is 11.8 Å². The molecule has 316 valence electrons. The molecule has 4 nitrogen and oxygen atoms in total. The molecule has 4 aromatic heterocycles. The lowest BCUT2D eigenvalue weighted by atomic mass is 9.80. The van der Waals surface area contributed by atoms with Crippen LogP contribution in [0.15, 0.2) is 60.7 Å². The predicted octanol–water partition coefficient (Wildman–Crippen LogP) is 17.3. The Morgan fingerprint density at radius 2 is 0.934 bits per heavy atom. The van der Waals surface area contributed by atoms with Gasteiger partial charge < -0.3 is 0 Å². The van der Waals surface area contributed by atoms with E-state index in [2.05, 4.69) is 130 Å². The van der Waals surface area contributed by atoms with Gasteiger partial charge in [0.1, 0.15) is 22.1 Å². The van der Waals surface area contributed by atoms with Crippen LogP contribution in [0.25, 0.3) is 86.3 Å². The van der Waals surface area contributed by atoms with Gasteiger partial charge in [-0.05, 0) is 105 Å². The zero-order valence-corrected chi connectivity index (χ0v) is 40.5. The van der Waals surface area contributed by atoms with E-state index in [1.165, 1.54) is 126 Å². The van der Waals surface area contributed by atoms with Crippen LogP contribution in [0.4, 0.5) is 0 Å². The van der Waals surface area contributed by atoms with E-state index in [0.29, 0.717) is 11.8 Å². The second-order valence-electron chi connectivity index (χ2n) is 19.9. The van der Waals surface area contributed by atoms with Crippen molar-refractivity contribution in [2.24, 2.45) is 11.8 Å². The summed E-state index contributed by atoms with van der Waals surface area (Å²) in [7, 11) is 0. The first-order chi connectivity index (χ1) is 29.3. The molecule has 0 bridgehead atoms. The van der Waals surface area contributed by atoms with E-state index in [1.807, 2.05) is 22.7 Å². The third-order valence-electron chi connectivity index (χ3n) is 13.5. The topological polar surface area (TPSA) is 51.6 Å². The van der Waals surface area contributed by atoms with E-state index < -0.39 is 0 Å². The van der Waals surface area contributed by atoms with Crippen molar-refractivity contribution in [3.63, 3.8) is 0 Å². The van der Waals surface area contributed by atoms with Crippen LogP contribution in [0.5, 0.6) is 0 Å². The molecule has 4 heterocycles. The molecule has 2 unspecified atom stereocenters. The summed E-state index contributed by atoms with van der Waals surface area (Å²) in [6.07, 6.45) is 12.3. The fraction of sp³-hybridized carbons (Fsp3) is 0.444. The number of aromatic nitrogens is 4. The average molecular weight is 863 g/mol. The molecular formula is C54H62N4S3. The minimum absolute atomic E-state index is 0.0394. The van der Waals surface area contributed by atoms with Gasteiger partial charge in [-0.15, -0.1) is 22.7 Å². The van der Waals surface area contributed by atoms with Crippen molar-refractivity contribution >= 4 is 99.8 Å². The summed E-state index contributed by atoms with van der Waals surface area (Å²) in [6.45, 7) is 23.2. The van der Waals surface area contributed by atoms with Crippen molar-refractivity contribution < 1.29 is 0 Å². The van der Waals surface area contributed by atoms with Gasteiger partial charge in [-0.25, -0.2) is 9.97 Å². The fourth-order valence-corrected chi connectivity index (χ4v) is 12.5. The first-order valence-corrected chi connectivity index (χ1v) is 25.4.